The Hall–Kier alpha value is -2.28. The molecule has 0 radical (unpaired) electrons. The maximum absolute atomic E-state index is 13.4. The quantitative estimate of drug-likeness (QED) is 0.860. The van der Waals surface area contributed by atoms with Gasteiger partial charge in [0.2, 0.25) is 5.91 Å². The molecule has 0 aliphatic heterocycles. The number of thiazole rings is 1. The minimum atomic E-state index is -0.418. The first-order chi connectivity index (χ1) is 10.1. The number of rotatable bonds is 5. The van der Waals surface area contributed by atoms with Crippen LogP contribution in [0.4, 0.5) is 9.52 Å². The number of carbonyl (C=O) groups is 2. The van der Waals surface area contributed by atoms with Crippen molar-refractivity contribution < 1.29 is 18.7 Å². The lowest BCUT2D eigenvalue weighted by Crippen LogP contribution is -2.15. The van der Waals surface area contributed by atoms with Crippen molar-refractivity contribution in [2.45, 2.75) is 12.8 Å². The molecule has 0 aliphatic carbocycles. The fourth-order valence-electron chi connectivity index (χ4n) is 1.64. The summed E-state index contributed by atoms with van der Waals surface area (Å²) in [7, 11) is 1.30. The van der Waals surface area contributed by atoms with Gasteiger partial charge in [0.05, 0.1) is 25.6 Å². The van der Waals surface area contributed by atoms with Gasteiger partial charge in [-0.3, -0.25) is 9.59 Å². The SMILES string of the molecule is COC(=O)Cc1csc(NC(=O)Cc2ccccc2F)n1. The Morgan fingerprint density at radius 2 is 2.10 bits per heavy atom. The molecule has 0 spiro atoms. The summed E-state index contributed by atoms with van der Waals surface area (Å²) in [6, 6.07) is 6.10. The van der Waals surface area contributed by atoms with Crippen LogP contribution < -0.4 is 5.32 Å². The highest BCUT2D eigenvalue weighted by Crippen LogP contribution is 2.17. The minimum Gasteiger partial charge on any atom is -0.469 e. The van der Waals surface area contributed by atoms with Gasteiger partial charge in [-0.2, -0.15) is 0 Å². The van der Waals surface area contributed by atoms with Crippen LogP contribution in [-0.2, 0) is 27.2 Å². The molecule has 110 valence electrons. The Balaban J connectivity index is 1.94. The molecule has 1 amide bonds. The van der Waals surface area contributed by atoms with Crippen LogP contribution >= 0.6 is 11.3 Å². The molecule has 0 saturated heterocycles. The van der Waals surface area contributed by atoms with E-state index < -0.39 is 11.8 Å². The van der Waals surface area contributed by atoms with E-state index in [0.717, 1.165) is 0 Å². The number of carbonyl (C=O) groups excluding carboxylic acids is 2. The number of esters is 1. The zero-order chi connectivity index (χ0) is 15.2. The normalized spacial score (nSPS) is 10.2. The third-order valence-corrected chi connectivity index (χ3v) is 3.47. The van der Waals surface area contributed by atoms with Gasteiger partial charge in [0.15, 0.2) is 5.13 Å². The van der Waals surface area contributed by atoms with Crippen LogP contribution in [0, 0.1) is 5.82 Å². The fraction of sp³-hybridized carbons (Fsp3) is 0.214. The van der Waals surface area contributed by atoms with Crippen molar-refractivity contribution in [3.8, 4) is 0 Å². The van der Waals surface area contributed by atoms with E-state index in [4.69, 9.17) is 0 Å². The van der Waals surface area contributed by atoms with E-state index in [-0.39, 0.29) is 18.7 Å². The highest BCUT2D eigenvalue weighted by Gasteiger charge is 2.11. The standard InChI is InChI=1S/C14H13FN2O3S/c1-20-13(19)7-10-8-21-14(16-10)17-12(18)6-9-4-2-3-5-11(9)15/h2-5,8H,6-7H2,1H3,(H,16,17,18). The van der Waals surface area contributed by atoms with Crippen molar-refractivity contribution >= 4 is 28.3 Å². The molecule has 7 heteroatoms. The van der Waals surface area contributed by atoms with Gasteiger partial charge in [-0.15, -0.1) is 11.3 Å². The minimum absolute atomic E-state index is 0.0518. The molecule has 2 aromatic rings. The largest absolute Gasteiger partial charge is 0.469 e. The van der Waals surface area contributed by atoms with E-state index in [0.29, 0.717) is 16.4 Å². The number of nitrogens with one attached hydrogen (secondary N) is 1. The molecule has 0 bridgehead atoms. The molecule has 0 unspecified atom stereocenters. The zero-order valence-corrected chi connectivity index (χ0v) is 12.1. The van der Waals surface area contributed by atoms with Gasteiger partial charge in [0.25, 0.3) is 0 Å². The van der Waals surface area contributed by atoms with Crippen LogP contribution in [0.3, 0.4) is 0 Å². The molecule has 0 fully saturated rings. The lowest BCUT2D eigenvalue weighted by Gasteiger charge is -2.03. The summed E-state index contributed by atoms with van der Waals surface area (Å²) >= 11 is 1.20. The number of anilines is 1. The average Bonchev–Trinajstić information content (AvgIpc) is 2.88. The second-order valence-electron chi connectivity index (χ2n) is 4.21. The Labute approximate surface area is 124 Å². The van der Waals surface area contributed by atoms with Crippen molar-refractivity contribution in [3.63, 3.8) is 0 Å². The molecule has 1 heterocycles. The fourth-order valence-corrected chi connectivity index (χ4v) is 2.37. The van der Waals surface area contributed by atoms with Gasteiger partial charge in [0, 0.05) is 5.38 Å². The third kappa shape index (κ3) is 4.35. The summed E-state index contributed by atoms with van der Waals surface area (Å²) in [5.41, 5.74) is 0.842. The van der Waals surface area contributed by atoms with E-state index in [1.807, 2.05) is 0 Å². The maximum atomic E-state index is 13.4. The Morgan fingerprint density at radius 3 is 2.81 bits per heavy atom. The number of hydrogen-bond donors (Lipinski definition) is 1. The highest BCUT2D eigenvalue weighted by atomic mass is 32.1. The van der Waals surface area contributed by atoms with E-state index >= 15 is 0 Å². The van der Waals surface area contributed by atoms with Crippen LogP contribution in [0.1, 0.15) is 11.3 Å². The predicted molar refractivity (Wildman–Crippen MR) is 76.6 cm³/mol. The highest BCUT2D eigenvalue weighted by molar-refractivity contribution is 7.13. The zero-order valence-electron chi connectivity index (χ0n) is 11.3. The molecule has 1 N–H and O–H groups in total. The number of hydrogen-bond acceptors (Lipinski definition) is 5. The van der Waals surface area contributed by atoms with Crippen LogP contribution in [0.5, 0.6) is 0 Å². The van der Waals surface area contributed by atoms with Gasteiger partial charge >= 0.3 is 5.97 Å². The lowest BCUT2D eigenvalue weighted by molar-refractivity contribution is -0.139. The van der Waals surface area contributed by atoms with Gasteiger partial charge in [-0.1, -0.05) is 18.2 Å². The second kappa shape index (κ2) is 6.94. The van der Waals surface area contributed by atoms with Crippen molar-refractivity contribution in [3.05, 3.63) is 46.7 Å². The molecule has 1 aromatic carbocycles. The van der Waals surface area contributed by atoms with Crippen molar-refractivity contribution in [2.75, 3.05) is 12.4 Å². The Kier molecular flexibility index (Phi) is 4.99. The summed E-state index contributed by atoms with van der Waals surface area (Å²) in [5, 5.41) is 4.61. The number of nitrogens with zero attached hydrogens (tertiary/aromatic N) is 1. The molecule has 21 heavy (non-hydrogen) atoms. The van der Waals surface area contributed by atoms with Crippen LogP contribution in [0.15, 0.2) is 29.6 Å². The Bertz CT molecular complexity index is 657. The number of benzene rings is 1. The number of halogens is 1. The van der Waals surface area contributed by atoms with Crippen molar-refractivity contribution in [1.82, 2.24) is 4.98 Å². The average molecular weight is 308 g/mol. The van der Waals surface area contributed by atoms with E-state index in [2.05, 4.69) is 15.0 Å². The second-order valence-corrected chi connectivity index (χ2v) is 5.07. The van der Waals surface area contributed by atoms with Gasteiger partial charge in [-0.05, 0) is 11.6 Å². The first-order valence-corrected chi connectivity index (χ1v) is 7.01. The number of aromatic nitrogens is 1. The van der Waals surface area contributed by atoms with Crippen LogP contribution in [0.25, 0.3) is 0 Å². The molecular formula is C14H13FN2O3S. The smallest absolute Gasteiger partial charge is 0.311 e. The number of methoxy groups -OCH3 is 1. The van der Waals surface area contributed by atoms with Crippen molar-refractivity contribution in [2.24, 2.45) is 0 Å². The molecule has 0 atom stereocenters. The van der Waals surface area contributed by atoms with Crippen molar-refractivity contribution in [1.29, 1.82) is 0 Å². The van der Waals surface area contributed by atoms with Crippen LogP contribution in [0.2, 0.25) is 0 Å². The van der Waals surface area contributed by atoms with Gasteiger partial charge in [-0.25, -0.2) is 9.37 Å². The van der Waals surface area contributed by atoms with Crippen LogP contribution in [-0.4, -0.2) is 24.0 Å². The van der Waals surface area contributed by atoms with E-state index in [1.54, 1.807) is 23.6 Å². The van der Waals surface area contributed by atoms with Gasteiger partial charge < -0.3 is 10.1 Å². The first-order valence-electron chi connectivity index (χ1n) is 6.13. The van der Waals surface area contributed by atoms with Gasteiger partial charge in [0.1, 0.15) is 5.82 Å². The van der Waals surface area contributed by atoms with E-state index in [1.165, 1.54) is 24.5 Å². The molecular weight excluding hydrogens is 295 g/mol. The summed E-state index contributed by atoms with van der Waals surface area (Å²) in [5.74, 6) is -1.18. The molecule has 1 aromatic heterocycles. The summed E-state index contributed by atoms with van der Waals surface area (Å²) in [4.78, 5) is 27.0. The molecule has 5 nitrogen and oxygen atoms in total. The monoisotopic (exact) mass is 308 g/mol. The number of ether oxygens (including phenoxy) is 1. The lowest BCUT2D eigenvalue weighted by atomic mass is 10.1. The summed E-state index contributed by atoms with van der Waals surface area (Å²) in [6.07, 6.45) is -0.0191. The topological polar surface area (TPSA) is 68.3 Å². The summed E-state index contributed by atoms with van der Waals surface area (Å²) in [6.45, 7) is 0. The first kappa shape index (κ1) is 15.1. The predicted octanol–water partition coefficient (Wildman–Crippen LogP) is 2.18. The third-order valence-electron chi connectivity index (χ3n) is 2.66. The maximum Gasteiger partial charge on any atom is 0.311 e. The molecule has 0 aliphatic rings. The molecule has 2 rings (SSSR count). The van der Waals surface area contributed by atoms with E-state index in [9.17, 15) is 14.0 Å². The summed E-state index contributed by atoms with van der Waals surface area (Å²) < 4.78 is 18.0. The molecule has 0 saturated carbocycles. The number of amides is 1. The Morgan fingerprint density at radius 1 is 1.33 bits per heavy atom.